The van der Waals surface area contributed by atoms with E-state index in [9.17, 15) is 0 Å². The minimum absolute atomic E-state index is 0.934. The normalized spacial score (nSPS) is 13.7. The van der Waals surface area contributed by atoms with E-state index < -0.39 is 10.0 Å². The predicted octanol–water partition coefficient (Wildman–Crippen LogP) is 14.0. The van der Waals surface area contributed by atoms with Crippen LogP contribution in [0.4, 0.5) is 17.1 Å². The van der Waals surface area contributed by atoms with Gasteiger partial charge in [0.2, 0.25) is 0 Å². The van der Waals surface area contributed by atoms with Gasteiger partial charge in [0.25, 0.3) is 0 Å². The second kappa shape index (κ2) is 11.5. The molecule has 0 atom stereocenters. The molecule has 0 fully saturated rings. The van der Waals surface area contributed by atoms with Crippen LogP contribution >= 0.6 is 10.0 Å². The maximum atomic E-state index is 6.66. The fourth-order valence-corrected chi connectivity index (χ4v) is 10.4. The topological polar surface area (TPSA) is 16.4 Å². The van der Waals surface area contributed by atoms with E-state index in [1.165, 1.54) is 64.7 Å². The molecule has 0 saturated heterocycles. The van der Waals surface area contributed by atoms with Gasteiger partial charge in [-0.1, -0.05) is 109 Å². The Hall–Kier alpha value is -6.03. The first-order chi connectivity index (χ1) is 25.0. The van der Waals surface area contributed by atoms with Crippen LogP contribution in [0.5, 0.6) is 0 Å². The van der Waals surface area contributed by atoms with Crippen LogP contribution in [0.25, 0.3) is 66.1 Å². The summed E-state index contributed by atoms with van der Waals surface area (Å²) >= 11 is 0. The van der Waals surface area contributed by atoms with E-state index in [-0.39, 0.29) is 0 Å². The van der Waals surface area contributed by atoms with Gasteiger partial charge >= 0.3 is 0 Å². The van der Waals surface area contributed by atoms with Crippen LogP contribution in [0.15, 0.2) is 190 Å². The van der Waals surface area contributed by atoms with Gasteiger partial charge in [0.15, 0.2) is 0 Å². The molecule has 1 aliphatic rings. The summed E-state index contributed by atoms with van der Waals surface area (Å²) in [6, 6.07) is 63.9. The molecule has 244 valence electrons. The lowest BCUT2D eigenvalue weighted by molar-refractivity contribution is 0.669. The maximum Gasteiger partial charge on any atom is 0.144 e. The summed E-state index contributed by atoms with van der Waals surface area (Å²) in [5.74, 6) is 0. The van der Waals surface area contributed by atoms with Gasteiger partial charge in [-0.3, -0.25) is 0 Å². The van der Waals surface area contributed by atoms with Gasteiger partial charge in [0.05, 0.1) is 0 Å². The van der Waals surface area contributed by atoms with E-state index in [2.05, 4.69) is 193 Å². The zero-order valence-electron chi connectivity index (χ0n) is 28.5. The number of nitrogens with zero attached hydrogens (tertiary/aromatic N) is 1. The van der Waals surface area contributed by atoms with E-state index in [1.807, 2.05) is 0 Å². The summed E-state index contributed by atoms with van der Waals surface area (Å²) in [5.41, 5.74) is 12.6. The molecule has 2 heterocycles. The first kappa shape index (κ1) is 29.8. The highest BCUT2D eigenvalue weighted by Gasteiger charge is 2.35. The summed E-state index contributed by atoms with van der Waals surface area (Å²) in [7, 11) is -1.24. The molecule has 0 amide bonds. The molecular weight excluding hydrogens is 639 g/mol. The zero-order valence-corrected chi connectivity index (χ0v) is 29.3. The molecule has 0 aliphatic carbocycles. The highest BCUT2D eigenvalue weighted by Crippen LogP contribution is 2.69. The smallest absolute Gasteiger partial charge is 0.144 e. The summed E-state index contributed by atoms with van der Waals surface area (Å²) in [6.45, 7) is 0. The SMILES string of the molecule is CS1(C)c2ccc(N(c3ccc(-c4ccc5ccccc5c4)cc3)c3cccc(-c4ccccc4)c3)cc2-c2c1ccc1c2oc2ccccc21. The number of anilines is 3. The van der Waals surface area contributed by atoms with Crippen LogP contribution in [0.3, 0.4) is 0 Å². The maximum absolute atomic E-state index is 6.66. The highest BCUT2D eigenvalue weighted by atomic mass is 32.3. The summed E-state index contributed by atoms with van der Waals surface area (Å²) in [4.78, 5) is 5.19. The number of hydrogen-bond donors (Lipinski definition) is 0. The summed E-state index contributed by atoms with van der Waals surface area (Å²) in [5, 5.41) is 4.85. The Kier molecular flexibility index (Phi) is 6.74. The van der Waals surface area contributed by atoms with Crippen LogP contribution in [0.1, 0.15) is 0 Å². The third-order valence-electron chi connectivity index (χ3n) is 10.5. The molecular formula is C48H35NOS. The molecule has 8 aromatic carbocycles. The lowest BCUT2D eigenvalue weighted by Crippen LogP contribution is -2.10. The fraction of sp³-hybridized carbons (Fsp3) is 0.0417. The molecule has 0 radical (unpaired) electrons. The van der Waals surface area contributed by atoms with Crippen molar-refractivity contribution in [3.8, 4) is 33.4 Å². The first-order valence-corrected chi connectivity index (χ1v) is 19.8. The van der Waals surface area contributed by atoms with Crippen molar-refractivity contribution >= 4 is 59.8 Å². The van der Waals surface area contributed by atoms with Crippen molar-refractivity contribution < 1.29 is 4.42 Å². The van der Waals surface area contributed by atoms with E-state index in [0.717, 1.165) is 28.2 Å². The van der Waals surface area contributed by atoms with Gasteiger partial charge in [-0.15, -0.1) is 0 Å². The van der Waals surface area contributed by atoms with Crippen molar-refractivity contribution in [2.75, 3.05) is 17.4 Å². The predicted molar refractivity (Wildman–Crippen MR) is 218 cm³/mol. The largest absolute Gasteiger partial charge is 0.455 e. The monoisotopic (exact) mass is 673 g/mol. The zero-order chi connectivity index (χ0) is 34.1. The first-order valence-electron chi connectivity index (χ1n) is 17.4. The van der Waals surface area contributed by atoms with Crippen molar-refractivity contribution in [3.05, 3.63) is 176 Å². The van der Waals surface area contributed by atoms with Gasteiger partial charge in [-0.2, -0.15) is 10.0 Å². The third-order valence-corrected chi connectivity index (χ3v) is 13.4. The van der Waals surface area contributed by atoms with Crippen LogP contribution in [0, 0.1) is 0 Å². The van der Waals surface area contributed by atoms with E-state index in [1.54, 1.807) is 0 Å². The number of hydrogen-bond acceptors (Lipinski definition) is 2. The van der Waals surface area contributed by atoms with Gasteiger partial charge < -0.3 is 9.32 Å². The molecule has 10 rings (SSSR count). The number of fused-ring (bicyclic) bond motifs is 8. The summed E-state index contributed by atoms with van der Waals surface area (Å²) < 4.78 is 6.66. The molecule has 1 aromatic heterocycles. The van der Waals surface area contributed by atoms with Crippen LogP contribution in [-0.2, 0) is 0 Å². The molecule has 1 aliphatic heterocycles. The molecule has 9 aromatic rings. The Morgan fingerprint density at radius 3 is 1.94 bits per heavy atom. The average molecular weight is 674 g/mol. The fourth-order valence-electron chi connectivity index (χ4n) is 7.94. The van der Waals surface area contributed by atoms with Crippen molar-refractivity contribution in [1.82, 2.24) is 0 Å². The molecule has 0 saturated carbocycles. The molecule has 0 bridgehead atoms. The van der Waals surface area contributed by atoms with E-state index in [4.69, 9.17) is 4.42 Å². The minimum atomic E-state index is -1.24. The summed E-state index contributed by atoms with van der Waals surface area (Å²) in [6.07, 6.45) is 4.83. The Bertz CT molecular complexity index is 2780. The number of para-hydroxylation sites is 1. The third kappa shape index (κ3) is 4.80. The van der Waals surface area contributed by atoms with Crippen molar-refractivity contribution in [2.24, 2.45) is 0 Å². The van der Waals surface area contributed by atoms with Crippen LogP contribution in [-0.4, -0.2) is 12.5 Å². The van der Waals surface area contributed by atoms with Crippen molar-refractivity contribution in [2.45, 2.75) is 9.79 Å². The lowest BCUT2D eigenvalue weighted by Gasteiger charge is -2.29. The number of furan rings is 1. The second-order valence-electron chi connectivity index (χ2n) is 13.8. The number of benzene rings is 8. The molecule has 0 unspecified atom stereocenters. The quantitative estimate of drug-likeness (QED) is 0.181. The number of rotatable bonds is 5. The van der Waals surface area contributed by atoms with Crippen LogP contribution in [0.2, 0.25) is 0 Å². The Morgan fingerprint density at radius 1 is 0.431 bits per heavy atom. The molecule has 3 heteroatoms. The van der Waals surface area contributed by atoms with Crippen molar-refractivity contribution in [1.29, 1.82) is 0 Å². The van der Waals surface area contributed by atoms with Gasteiger partial charge in [0, 0.05) is 48.8 Å². The molecule has 0 N–H and O–H groups in total. The Balaban J connectivity index is 1.15. The lowest BCUT2D eigenvalue weighted by atomic mass is 9.99. The molecule has 0 spiro atoms. The van der Waals surface area contributed by atoms with Gasteiger partial charge in [-0.05, 0) is 112 Å². The van der Waals surface area contributed by atoms with Gasteiger partial charge in [0.1, 0.15) is 11.2 Å². The molecule has 51 heavy (non-hydrogen) atoms. The van der Waals surface area contributed by atoms with Crippen molar-refractivity contribution in [3.63, 3.8) is 0 Å². The highest BCUT2D eigenvalue weighted by molar-refractivity contribution is 8.33. The molecule has 2 nitrogen and oxygen atoms in total. The van der Waals surface area contributed by atoms with Crippen LogP contribution < -0.4 is 4.90 Å². The van der Waals surface area contributed by atoms with E-state index in [0.29, 0.717) is 0 Å². The van der Waals surface area contributed by atoms with Gasteiger partial charge in [-0.25, -0.2) is 0 Å². The standard InChI is InChI=1S/C48H35NOS/c1-51(2)45-27-25-40(31-43(45)47-46(51)28-26-42-41-17-8-9-18-44(41)50-48(42)47)49(39-16-10-15-36(30-39)32-11-4-3-5-12-32)38-23-21-34(22-24-38)37-20-19-33-13-6-7-14-35(33)29-37/h3-31H,1-2H3. The minimum Gasteiger partial charge on any atom is -0.455 e. The Labute approximate surface area is 299 Å². The Morgan fingerprint density at radius 2 is 1.08 bits per heavy atom. The van der Waals surface area contributed by atoms with E-state index >= 15 is 0 Å². The average Bonchev–Trinajstić information content (AvgIpc) is 3.67. The second-order valence-corrected chi connectivity index (χ2v) is 17.3.